The predicted molar refractivity (Wildman–Crippen MR) is 100 cm³/mol. The zero-order valence-corrected chi connectivity index (χ0v) is 14.4. The van der Waals surface area contributed by atoms with E-state index in [9.17, 15) is 0 Å². The fraction of sp³-hybridized carbons (Fsp3) is 0.0952. The van der Waals surface area contributed by atoms with Crippen LogP contribution < -0.4 is 5.32 Å². The Morgan fingerprint density at radius 1 is 0.652 bits per heavy atom. The summed E-state index contributed by atoms with van der Waals surface area (Å²) in [5, 5.41) is 4.44. The topological polar surface area (TPSA) is 12.0 Å². The van der Waals surface area contributed by atoms with E-state index in [0.717, 1.165) is 5.33 Å². The lowest BCUT2D eigenvalue weighted by Crippen LogP contribution is -2.43. The van der Waals surface area contributed by atoms with Gasteiger partial charge in [-0.15, -0.1) is 0 Å². The summed E-state index contributed by atoms with van der Waals surface area (Å²) in [4.78, 5) is 0. The van der Waals surface area contributed by atoms with Crippen molar-refractivity contribution in [3.63, 3.8) is 0 Å². The maximum Gasteiger partial charge on any atom is 0.0950 e. The molecule has 0 aliphatic rings. The van der Waals surface area contributed by atoms with Gasteiger partial charge in [-0.1, -0.05) is 107 Å². The second-order valence-corrected chi connectivity index (χ2v) is 6.00. The first-order valence-corrected chi connectivity index (χ1v) is 8.82. The molecule has 0 amide bonds. The second kappa shape index (κ2) is 7.58. The van der Waals surface area contributed by atoms with Gasteiger partial charge in [0.1, 0.15) is 0 Å². The van der Waals surface area contributed by atoms with Crippen molar-refractivity contribution in [2.75, 3.05) is 5.33 Å². The number of benzene rings is 3. The van der Waals surface area contributed by atoms with Crippen LogP contribution in [0.1, 0.15) is 16.7 Å². The van der Waals surface area contributed by atoms with Crippen molar-refractivity contribution >= 4 is 15.9 Å². The minimum absolute atomic E-state index is 0.405. The van der Waals surface area contributed by atoms with Crippen LogP contribution in [-0.4, -0.2) is 5.33 Å². The van der Waals surface area contributed by atoms with Crippen molar-refractivity contribution in [2.45, 2.75) is 5.54 Å². The van der Waals surface area contributed by atoms with Crippen LogP contribution in [0, 0.1) is 6.54 Å². The van der Waals surface area contributed by atoms with E-state index in [2.05, 4.69) is 119 Å². The predicted octanol–water partition coefficient (Wildman–Crippen LogP) is 5.12. The molecular formula is C21H19BrN. The third-order valence-corrected chi connectivity index (χ3v) is 4.34. The van der Waals surface area contributed by atoms with E-state index in [4.69, 9.17) is 0 Å². The van der Waals surface area contributed by atoms with E-state index < -0.39 is 5.54 Å². The number of alkyl halides is 1. The fourth-order valence-electron chi connectivity index (χ4n) is 3.01. The average molecular weight is 365 g/mol. The molecule has 0 aromatic heterocycles. The van der Waals surface area contributed by atoms with E-state index in [-0.39, 0.29) is 0 Å². The van der Waals surface area contributed by atoms with Crippen LogP contribution in [0.5, 0.6) is 0 Å². The van der Waals surface area contributed by atoms with Crippen molar-refractivity contribution in [3.05, 3.63) is 114 Å². The van der Waals surface area contributed by atoms with Gasteiger partial charge in [0.2, 0.25) is 0 Å². The summed E-state index contributed by atoms with van der Waals surface area (Å²) in [6.45, 7) is 2.06. The number of nitrogens with one attached hydrogen (secondary N) is 1. The molecule has 115 valence electrons. The molecule has 3 aromatic rings. The van der Waals surface area contributed by atoms with Gasteiger partial charge in [-0.3, -0.25) is 5.32 Å². The molecule has 23 heavy (non-hydrogen) atoms. The smallest absolute Gasteiger partial charge is 0.0950 e. The zero-order valence-electron chi connectivity index (χ0n) is 12.8. The van der Waals surface area contributed by atoms with Crippen LogP contribution >= 0.6 is 15.9 Å². The first kappa shape index (κ1) is 16.0. The van der Waals surface area contributed by atoms with Gasteiger partial charge in [0, 0.05) is 11.9 Å². The Hall–Kier alpha value is -1.90. The molecule has 0 spiro atoms. The van der Waals surface area contributed by atoms with Crippen molar-refractivity contribution in [1.82, 2.24) is 5.32 Å². The van der Waals surface area contributed by atoms with E-state index in [1.165, 1.54) is 16.7 Å². The standard InChI is InChI=1S/C21H19BrN/c22-16-17-23-21(18-10-4-1-5-11-18,19-12-6-2-7-13-19)20-14-8-3-9-15-20/h1-15,17,23H,16H2. The molecule has 0 bridgehead atoms. The summed E-state index contributed by atoms with van der Waals surface area (Å²) in [7, 11) is 0. The van der Waals surface area contributed by atoms with Gasteiger partial charge in [0.25, 0.3) is 0 Å². The Morgan fingerprint density at radius 3 is 1.30 bits per heavy atom. The lowest BCUT2D eigenvalue weighted by atomic mass is 9.77. The first-order valence-electron chi connectivity index (χ1n) is 7.70. The third-order valence-electron chi connectivity index (χ3n) is 4.02. The van der Waals surface area contributed by atoms with Crippen molar-refractivity contribution in [1.29, 1.82) is 0 Å². The van der Waals surface area contributed by atoms with E-state index >= 15 is 0 Å². The van der Waals surface area contributed by atoms with Gasteiger partial charge < -0.3 is 0 Å². The highest BCUT2D eigenvalue weighted by atomic mass is 79.9. The highest BCUT2D eigenvalue weighted by molar-refractivity contribution is 9.09. The molecule has 0 saturated heterocycles. The Labute approximate surface area is 146 Å². The number of rotatable bonds is 6. The molecule has 1 radical (unpaired) electrons. The lowest BCUT2D eigenvalue weighted by molar-refractivity contribution is 0.526. The average Bonchev–Trinajstić information content (AvgIpc) is 2.65. The Balaban J connectivity index is 2.25. The molecule has 0 saturated carbocycles. The molecule has 0 fully saturated rings. The van der Waals surface area contributed by atoms with Gasteiger partial charge in [0.05, 0.1) is 5.54 Å². The highest BCUT2D eigenvalue weighted by Crippen LogP contribution is 2.36. The van der Waals surface area contributed by atoms with Crippen LogP contribution in [-0.2, 0) is 5.54 Å². The summed E-state index contributed by atoms with van der Waals surface area (Å²) in [6.07, 6.45) is 0. The maximum atomic E-state index is 3.66. The van der Waals surface area contributed by atoms with Crippen molar-refractivity contribution in [3.8, 4) is 0 Å². The first-order chi connectivity index (χ1) is 11.4. The lowest BCUT2D eigenvalue weighted by Gasteiger charge is -2.37. The molecule has 2 heteroatoms. The molecule has 0 aliphatic carbocycles. The molecular weight excluding hydrogens is 346 g/mol. The van der Waals surface area contributed by atoms with E-state index in [1.54, 1.807) is 0 Å². The van der Waals surface area contributed by atoms with E-state index in [1.807, 2.05) is 0 Å². The van der Waals surface area contributed by atoms with Crippen LogP contribution in [0.4, 0.5) is 0 Å². The molecule has 0 atom stereocenters. The number of hydrogen-bond donors (Lipinski definition) is 1. The Morgan fingerprint density at radius 2 is 1.00 bits per heavy atom. The van der Waals surface area contributed by atoms with Crippen LogP contribution in [0.2, 0.25) is 0 Å². The minimum atomic E-state index is -0.405. The van der Waals surface area contributed by atoms with E-state index in [0.29, 0.717) is 0 Å². The second-order valence-electron chi connectivity index (χ2n) is 5.35. The minimum Gasteiger partial charge on any atom is -0.295 e. The van der Waals surface area contributed by atoms with Crippen LogP contribution in [0.25, 0.3) is 0 Å². The summed E-state index contributed by atoms with van der Waals surface area (Å²) in [6, 6.07) is 31.8. The quantitative estimate of drug-likeness (QED) is 0.472. The third kappa shape index (κ3) is 3.24. The number of hydrogen-bond acceptors (Lipinski definition) is 1. The summed E-state index contributed by atoms with van der Waals surface area (Å²) >= 11 is 3.50. The Bertz CT molecular complexity index is 614. The highest BCUT2D eigenvalue weighted by Gasteiger charge is 2.35. The van der Waals surface area contributed by atoms with Crippen molar-refractivity contribution < 1.29 is 0 Å². The van der Waals surface area contributed by atoms with Crippen molar-refractivity contribution in [2.24, 2.45) is 0 Å². The largest absolute Gasteiger partial charge is 0.295 e. The molecule has 0 unspecified atom stereocenters. The maximum absolute atomic E-state index is 3.66. The number of halogens is 1. The van der Waals surface area contributed by atoms with Gasteiger partial charge in [-0.05, 0) is 16.7 Å². The summed E-state index contributed by atoms with van der Waals surface area (Å²) in [5.74, 6) is 0. The summed E-state index contributed by atoms with van der Waals surface area (Å²) in [5.41, 5.74) is 3.25. The van der Waals surface area contributed by atoms with Gasteiger partial charge in [-0.2, -0.15) is 0 Å². The molecule has 1 N–H and O–H groups in total. The molecule has 3 aromatic carbocycles. The summed E-state index contributed by atoms with van der Waals surface area (Å²) < 4.78 is 0. The van der Waals surface area contributed by atoms with Gasteiger partial charge in [0.15, 0.2) is 0 Å². The Kier molecular flexibility index (Phi) is 5.27. The van der Waals surface area contributed by atoms with Gasteiger partial charge in [-0.25, -0.2) is 0 Å². The molecule has 0 aliphatic heterocycles. The normalized spacial score (nSPS) is 11.3. The van der Waals surface area contributed by atoms with Gasteiger partial charge >= 0.3 is 0 Å². The monoisotopic (exact) mass is 364 g/mol. The fourth-order valence-corrected chi connectivity index (χ4v) is 3.17. The zero-order chi connectivity index (χ0) is 16.0. The van der Waals surface area contributed by atoms with Crippen LogP contribution in [0.3, 0.4) is 0 Å². The molecule has 1 nitrogen and oxygen atoms in total. The molecule has 0 heterocycles. The SMILES string of the molecule is BrC[CH]NC(c1ccccc1)(c1ccccc1)c1ccccc1. The molecule has 3 rings (SSSR count). The van der Waals surface area contributed by atoms with Crippen LogP contribution in [0.15, 0.2) is 91.0 Å².